The molecule has 1 aromatic heterocycles. The van der Waals surface area contributed by atoms with E-state index in [1.807, 2.05) is 57.2 Å². The van der Waals surface area contributed by atoms with Gasteiger partial charge >= 0.3 is 0 Å². The normalized spacial score (nSPS) is 10.7. The second kappa shape index (κ2) is 7.03. The SMILES string of the molecule is Cc1ccc(-c2nn(CC(=O)Nc3cc(C)cc(C)c3)c(=S)o2)cc1. The average Bonchev–Trinajstić information content (AvgIpc) is 2.87. The van der Waals surface area contributed by atoms with Crippen LogP contribution in [0.3, 0.4) is 0 Å². The van der Waals surface area contributed by atoms with Crippen LogP contribution in [0.1, 0.15) is 16.7 Å². The van der Waals surface area contributed by atoms with Gasteiger partial charge in [0, 0.05) is 11.3 Å². The molecule has 2 aromatic carbocycles. The Balaban J connectivity index is 1.75. The number of carbonyl (C=O) groups excluding carboxylic acids is 1. The predicted octanol–water partition coefficient (Wildman–Crippen LogP) is 4.44. The van der Waals surface area contributed by atoms with Crippen LogP contribution >= 0.6 is 12.2 Å². The van der Waals surface area contributed by atoms with E-state index >= 15 is 0 Å². The third-order valence-electron chi connectivity index (χ3n) is 3.70. The van der Waals surface area contributed by atoms with Crippen LogP contribution in [-0.4, -0.2) is 15.7 Å². The lowest BCUT2D eigenvalue weighted by Crippen LogP contribution is -2.19. The lowest BCUT2D eigenvalue weighted by Gasteiger charge is -2.07. The average molecular weight is 353 g/mol. The number of anilines is 1. The summed E-state index contributed by atoms with van der Waals surface area (Å²) in [6, 6.07) is 13.7. The third kappa shape index (κ3) is 4.22. The summed E-state index contributed by atoms with van der Waals surface area (Å²) in [4.78, 5) is 12.5. The number of benzene rings is 2. The molecule has 0 bridgehead atoms. The van der Waals surface area contributed by atoms with Crippen LogP contribution < -0.4 is 5.32 Å². The number of aromatic nitrogens is 2. The van der Waals surface area contributed by atoms with Crippen molar-refractivity contribution in [2.24, 2.45) is 0 Å². The summed E-state index contributed by atoms with van der Waals surface area (Å²) in [5.41, 5.74) is 4.92. The first-order valence-corrected chi connectivity index (χ1v) is 8.35. The smallest absolute Gasteiger partial charge is 0.287 e. The largest absolute Gasteiger partial charge is 0.409 e. The van der Waals surface area contributed by atoms with Crippen LogP contribution in [0.25, 0.3) is 11.5 Å². The summed E-state index contributed by atoms with van der Waals surface area (Å²) in [6.45, 7) is 5.99. The van der Waals surface area contributed by atoms with Gasteiger partial charge in [-0.3, -0.25) is 4.79 Å². The van der Waals surface area contributed by atoms with Crippen LogP contribution in [0, 0.1) is 25.6 Å². The summed E-state index contributed by atoms with van der Waals surface area (Å²) in [7, 11) is 0. The van der Waals surface area contributed by atoms with Crippen molar-refractivity contribution in [3.05, 3.63) is 64.0 Å². The van der Waals surface area contributed by atoms with E-state index < -0.39 is 0 Å². The highest BCUT2D eigenvalue weighted by atomic mass is 32.1. The van der Waals surface area contributed by atoms with Crippen LogP contribution in [0.4, 0.5) is 5.69 Å². The molecular formula is C19H19N3O2S. The second-order valence-corrected chi connectivity index (χ2v) is 6.47. The molecule has 1 heterocycles. The molecule has 1 N–H and O–H groups in total. The zero-order valence-electron chi connectivity index (χ0n) is 14.4. The first-order valence-electron chi connectivity index (χ1n) is 7.94. The lowest BCUT2D eigenvalue weighted by atomic mass is 10.1. The summed E-state index contributed by atoms with van der Waals surface area (Å²) in [6.07, 6.45) is 0. The van der Waals surface area contributed by atoms with Crippen molar-refractivity contribution in [2.75, 3.05) is 5.32 Å². The molecule has 0 saturated heterocycles. The summed E-state index contributed by atoms with van der Waals surface area (Å²) >= 11 is 5.18. The molecule has 25 heavy (non-hydrogen) atoms. The topological polar surface area (TPSA) is 60.1 Å². The van der Waals surface area contributed by atoms with Crippen molar-refractivity contribution in [3.63, 3.8) is 0 Å². The van der Waals surface area contributed by atoms with Gasteiger partial charge in [0.2, 0.25) is 11.8 Å². The predicted molar refractivity (Wildman–Crippen MR) is 100 cm³/mol. The molecular weight excluding hydrogens is 334 g/mol. The maximum atomic E-state index is 12.3. The number of carbonyl (C=O) groups is 1. The maximum absolute atomic E-state index is 12.3. The number of nitrogens with zero attached hydrogens (tertiary/aromatic N) is 2. The van der Waals surface area contributed by atoms with Crippen molar-refractivity contribution < 1.29 is 9.21 Å². The van der Waals surface area contributed by atoms with Gasteiger partial charge in [0.25, 0.3) is 4.84 Å². The molecule has 0 aliphatic carbocycles. The fraction of sp³-hybridized carbons (Fsp3) is 0.211. The maximum Gasteiger partial charge on any atom is 0.287 e. The van der Waals surface area contributed by atoms with E-state index in [2.05, 4.69) is 16.5 Å². The Bertz CT molecular complexity index is 951. The third-order valence-corrected chi connectivity index (χ3v) is 4.00. The molecule has 0 aliphatic heterocycles. The van der Waals surface area contributed by atoms with E-state index in [4.69, 9.17) is 16.6 Å². The minimum atomic E-state index is -0.204. The van der Waals surface area contributed by atoms with Gasteiger partial charge in [-0.05, 0) is 68.4 Å². The number of rotatable bonds is 4. The van der Waals surface area contributed by atoms with Crippen molar-refractivity contribution in [1.29, 1.82) is 0 Å². The molecule has 128 valence electrons. The van der Waals surface area contributed by atoms with E-state index in [-0.39, 0.29) is 17.3 Å². The molecule has 6 heteroatoms. The van der Waals surface area contributed by atoms with Crippen LogP contribution in [-0.2, 0) is 11.3 Å². The Labute approximate surface area is 151 Å². The van der Waals surface area contributed by atoms with Gasteiger partial charge < -0.3 is 9.73 Å². The quantitative estimate of drug-likeness (QED) is 0.705. The summed E-state index contributed by atoms with van der Waals surface area (Å²) in [5.74, 6) is 0.203. The fourth-order valence-electron chi connectivity index (χ4n) is 2.60. The first kappa shape index (κ1) is 17.1. The lowest BCUT2D eigenvalue weighted by molar-refractivity contribution is -0.117. The fourth-order valence-corrected chi connectivity index (χ4v) is 2.79. The van der Waals surface area contributed by atoms with Gasteiger partial charge in [0.05, 0.1) is 0 Å². The number of amides is 1. The van der Waals surface area contributed by atoms with Crippen LogP contribution in [0.2, 0.25) is 0 Å². The Morgan fingerprint density at radius 3 is 2.36 bits per heavy atom. The molecule has 1 amide bonds. The number of nitrogens with one attached hydrogen (secondary N) is 1. The van der Waals surface area contributed by atoms with Crippen molar-refractivity contribution >= 4 is 23.8 Å². The van der Waals surface area contributed by atoms with Crippen molar-refractivity contribution in [1.82, 2.24) is 9.78 Å². The minimum absolute atomic E-state index is 0.00117. The van der Waals surface area contributed by atoms with Gasteiger partial charge in [-0.25, -0.2) is 4.68 Å². The molecule has 0 radical (unpaired) electrons. The highest BCUT2D eigenvalue weighted by Gasteiger charge is 2.11. The molecule has 0 fully saturated rings. The number of hydrogen-bond acceptors (Lipinski definition) is 4. The van der Waals surface area contributed by atoms with E-state index in [1.165, 1.54) is 4.68 Å². The Hall–Kier alpha value is -2.73. The summed E-state index contributed by atoms with van der Waals surface area (Å²) in [5, 5.41) is 7.18. The Morgan fingerprint density at radius 2 is 1.72 bits per heavy atom. The molecule has 0 saturated carbocycles. The molecule has 0 unspecified atom stereocenters. The van der Waals surface area contributed by atoms with Crippen molar-refractivity contribution in [3.8, 4) is 11.5 Å². The molecule has 0 spiro atoms. The van der Waals surface area contributed by atoms with E-state index in [0.717, 1.165) is 27.9 Å². The monoisotopic (exact) mass is 353 g/mol. The highest BCUT2D eigenvalue weighted by Crippen LogP contribution is 2.18. The van der Waals surface area contributed by atoms with Crippen LogP contribution in [0.15, 0.2) is 46.9 Å². The Kier molecular flexibility index (Phi) is 4.81. The van der Waals surface area contributed by atoms with E-state index in [9.17, 15) is 4.79 Å². The van der Waals surface area contributed by atoms with Gasteiger partial charge in [-0.15, -0.1) is 5.10 Å². The van der Waals surface area contributed by atoms with Crippen molar-refractivity contribution in [2.45, 2.75) is 27.3 Å². The van der Waals surface area contributed by atoms with E-state index in [0.29, 0.717) is 5.89 Å². The van der Waals surface area contributed by atoms with E-state index in [1.54, 1.807) is 0 Å². The standard InChI is InChI=1S/C19H19N3O2S/c1-12-4-6-15(7-5-12)18-21-22(19(25)24-18)11-17(23)20-16-9-13(2)8-14(3)10-16/h4-10H,11H2,1-3H3,(H,20,23). The zero-order valence-corrected chi connectivity index (χ0v) is 15.2. The van der Waals surface area contributed by atoms with Gasteiger partial charge in [0.1, 0.15) is 6.54 Å². The minimum Gasteiger partial charge on any atom is -0.409 e. The number of aryl methyl sites for hydroxylation is 3. The molecule has 0 aliphatic rings. The number of hydrogen-bond donors (Lipinski definition) is 1. The first-order chi connectivity index (χ1) is 11.9. The molecule has 3 rings (SSSR count). The van der Waals surface area contributed by atoms with Crippen LogP contribution in [0.5, 0.6) is 0 Å². The molecule has 5 nitrogen and oxygen atoms in total. The van der Waals surface area contributed by atoms with Gasteiger partial charge in [-0.1, -0.05) is 23.8 Å². The molecule has 0 atom stereocenters. The second-order valence-electron chi connectivity index (χ2n) is 6.12. The zero-order chi connectivity index (χ0) is 18.0. The summed E-state index contributed by atoms with van der Waals surface area (Å²) < 4.78 is 6.91. The highest BCUT2D eigenvalue weighted by molar-refractivity contribution is 7.71. The Morgan fingerprint density at radius 1 is 1.08 bits per heavy atom. The molecule has 3 aromatic rings. The van der Waals surface area contributed by atoms with Gasteiger partial charge in [0.15, 0.2) is 0 Å². The van der Waals surface area contributed by atoms with Gasteiger partial charge in [-0.2, -0.15) is 0 Å².